The second-order valence-corrected chi connectivity index (χ2v) is 6.47. The van der Waals surface area contributed by atoms with Crippen molar-refractivity contribution >= 4 is 0 Å². The van der Waals surface area contributed by atoms with Crippen molar-refractivity contribution in [2.45, 2.75) is 59.1 Å². The fourth-order valence-electron chi connectivity index (χ4n) is 3.24. The summed E-state index contributed by atoms with van der Waals surface area (Å²) in [6.07, 6.45) is 4.07. The van der Waals surface area contributed by atoms with E-state index in [9.17, 15) is 0 Å². The summed E-state index contributed by atoms with van der Waals surface area (Å²) < 4.78 is 6.22. The molecule has 19 heavy (non-hydrogen) atoms. The average Bonchev–Trinajstić information content (AvgIpc) is 2.30. The number of hydrogen-bond donors (Lipinski definition) is 1. The maximum atomic E-state index is 6.22. The third-order valence-electron chi connectivity index (χ3n) is 4.15. The van der Waals surface area contributed by atoms with Gasteiger partial charge in [-0.05, 0) is 62.1 Å². The molecule has 0 aromatic heterocycles. The molecule has 0 radical (unpaired) electrons. The van der Waals surface area contributed by atoms with E-state index in [2.05, 4.69) is 39.0 Å². The molecule has 2 N–H and O–H groups in total. The van der Waals surface area contributed by atoms with E-state index < -0.39 is 0 Å². The highest BCUT2D eigenvalue weighted by molar-refractivity contribution is 5.37. The molecule has 1 aromatic carbocycles. The van der Waals surface area contributed by atoms with Crippen molar-refractivity contribution in [2.75, 3.05) is 0 Å². The van der Waals surface area contributed by atoms with Gasteiger partial charge in [0.25, 0.3) is 0 Å². The van der Waals surface area contributed by atoms with E-state index in [-0.39, 0.29) is 6.04 Å². The van der Waals surface area contributed by atoms with E-state index in [1.54, 1.807) is 0 Å². The number of hydrogen-bond acceptors (Lipinski definition) is 2. The molecule has 0 saturated heterocycles. The maximum Gasteiger partial charge on any atom is 0.122 e. The van der Waals surface area contributed by atoms with Crippen molar-refractivity contribution in [1.29, 1.82) is 0 Å². The molecular weight excluding hydrogens is 234 g/mol. The molecule has 1 aliphatic rings. The van der Waals surface area contributed by atoms with Gasteiger partial charge in [0, 0.05) is 6.04 Å². The second kappa shape index (κ2) is 5.96. The number of benzene rings is 1. The third-order valence-corrected chi connectivity index (χ3v) is 4.15. The lowest BCUT2D eigenvalue weighted by Crippen LogP contribution is -2.28. The van der Waals surface area contributed by atoms with Crippen LogP contribution in [0.2, 0.25) is 0 Å². The lowest BCUT2D eigenvalue weighted by Gasteiger charge is -2.32. The van der Waals surface area contributed by atoms with Gasteiger partial charge in [0.2, 0.25) is 0 Å². The van der Waals surface area contributed by atoms with Crippen LogP contribution >= 0.6 is 0 Å². The Labute approximate surface area is 117 Å². The quantitative estimate of drug-likeness (QED) is 0.884. The van der Waals surface area contributed by atoms with Crippen LogP contribution in [0.25, 0.3) is 0 Å². The van der Waals surface area contributed by atoms with Gasteiger partial charge in [0.1, 0.15) is 5.75 Å². The second-order valence-electron chi connectivity index (χ2n) is 6.47. The molecule has 0 bridgehead atoms. The predicted octanol–water partition coefficient (Wildman–Crippen LogP) is 4.22. The summed E-state index contributed by atoms with van der Waals surface area (Å²) in [6, 6.07) is 6.40. The van der Waals surface area contributed by atoms with Gasteiger partial charge in [-0.25, -0.2) is 0 Å². The van der Waals surface area contributed by atoms with Crippen LogP contribution in [-0.2, 0) is 0 Å². The third kappa shape index (κ3) is 3.73. The molecular formula is C17H27NO. The summed E-state index contributed by atoms with van der Waals surface area (Å²) in [5, 5.41) is 0. The number of ether oxygens (including phenoxy) is 1. The Hall–Kier alpha value is -1.02. The first-order valence-corrected chi connectivity index (χ1v) is 7.48. The lowest BCUT2D eigenvalue weighted by atomic mass is 9.82. The molecule has 2 unspecified atom stereocenters. The first-order chi connectivity index (χ1) is 8.95. The molecule has 1 fully saturated rings. The van der Waals surface area contributed by atoms with Crippen LogP contribution in [0.4, 0.5) is 0 Å². The van der Waals surface area contributed by atoms with Crippen LogP contribution < -0.4 is 10.5 Å². The Morgan fingerprint density at radius 1 is 1.16 bits per heavy atom. The summed E-state index contributed by atoms with van der Waals surface area (Å²) in [5.41, 5.74) is 8.28. The molecule has 3 atom stereocenters. The van der Waals surface area contributed by atoms with Crippen LogP contribution in [0.5, 0.6) is 5.75 Å². The van der Waals surface area contributed by atoms with E-state index in [0.717, 1.165) is 17.6 Å². The highest BCUT2D eigenvalue weighted by Gasteiger charge is 2.25. The Bertz CT molecular complexity index is 417. The van der Waals surface area contributed by atoms with Crippen molar-refractivity contribution in [3.05, 3.63) is 29.3 Å². The van der Waals surface area contributed by atoms with E-state index in [1.165, 1.54) is 30.4 Å². The van der Waals surface area contributed by atoms with Gasteiger partial charge >= 0.3 is 0 Å². The molecule has 0 aliphatic heterocycles. The van der Waals surface area contributed by atoms with Gasteiger partial charge in [-0.15, -0.1) is 0 Å². The van der Waals surface area contributed by atoms with Crippen LogP contribution in [0.15, 0.2) is 18.2 Å². The minimum Gasteiger partial charge on any atom is -0.490 e. The maximum absolute atomic E-state index is 6.22. The van der Waals surface area contributed by atoms with Crippen molar-refractivity contribution in [2.24, 2.45) is 17.6 Å². The molecule has 1 saturated carbocycles. The molecule has 106 valence electrons. The zero-order valence-corrected chi connectivity index (χ0v) is 12.6. The molecule has 1 aromatic rings. The summed E-state index contributed by atoms with van der Waals surface area (Å²) >= 11 is 0. The SMILES string of the molecule is Cc1cc([C@@H](C)N)ccc1OC1CC(C)CC(C)C1. The van der Waals surface area contributed by atoms with Crippen LogP contribution in [0.3, 0.4) is 0 Å². The largest absolute Gasteiger partial charge is 0.490 e. The van der Waals surface area contributed by atoms with E-state index in [4.69, 9.17) is 10.5 Å². The Kier molecular flexibility index (Phi) is 4.51. The summed E-state index contributed by atoms with van der Waals surface area (Å²) in [6.45, 7) is 8.78. The molecule has 2 nitrogen and oxygen atoms in total. The fraction of sp³-hybridized carbons (Fsp3) is 0.647. The smallest absolute Gasteiger partial charge is 0.122 e. The predicted molar refractivity (Wildman–Crippen MR) is 80.4 cm³/mol. The monoisotopic (exact) mass is 261 g/mol. The number of rotatable bonds is 3. The first-order valence-electron chi connectivity index (χ1n) is 7.48. The summed E-state index contributed by atoms with van der Waals surface area (Å²) in [4.78, 5) is 0. The first kappa shape index (κ1) is 14.4. The molecule has 0 amide bonds. The Morgan fingerprint density at radius 3 is 2.32 bits per heavy atom. The van der Waals surface area contributed by atoms with E-state index >= 15 is 0 Å². The van der Waals surface area contributed by atoms with Gasteiger partial charge in [0.15, 0.2) is 0 Å². The summed E-state index contributed by atoms with van der Waals surface area (Å²) in [7, 11) is 0. The molecule has 0 spiro atoms. The van der Waals surface area contributed by atoms with E-state index in [0.29, 0.717) is 6.10 Å². The zero-order valence-electron chi connectivity index (χ0n) is 12.6. The van der Waals surface area contributed by atoms with Crippen molar-refractivity contribution in [3.8, 4) is 5.75 Å². The minimum absolute atomic E-state index is 0.0856. The topological polar surface area (TPSA) is 35.2 Å². The Balaban J connectivity index is 2.06. The molecule has 1 aliphatic carbocycles. The standard InChI is InChI=1S/C17H27NO/c1-11-7-12(2)9-16(8-11)19-17-6-5-15(14(4)18)10-13(17)3/h5-6,10-12,14,16H,7-9,18H2,1-4H3/t11?,12?,14-,16?/m1/s1. The number of aryl methyl sites for hydroxylation is 1. The van der Waals surface area contributed by atoms with Crippen molar-refractivity contribution in [1.82, 2.24) is 0 Å². The number of nitrogens with two attached hydrogens (primary N) is 1. The summed E-state index contributed by atoms with van der Waals surface area (Å²) in [5.74, 6) is 2.57. The molecule has 2 rings (SSSR count). The van der Waals surface area contributed by atoms with Crippen molar-refractivity contribution in [3.63, 3.8) is 0 Å². The lowest BCUT2D eigenvalue weighted by molar-refractivity contribution is 0.100. The minimum atomic E-state index is 0.0856. The van der Waals surface area contributed by atoms with Gasteiger partial charge in [-0.1, -0.05) is 26.0 Å². The van der Waals surface area contributed by atoms with Gasteiger partial charge in [-0.2, -0.15) is 0 Å². The fourth-order valence-corrected chi connectivity index (χ4v) is 3.24. The Morgan fingerprint density at radius 2 is 1.79 bits per heavy atom. The van der Waals surface area contributed by atoms with Gasteiger partial charge < -0.3 is 10.5 Å². The van der Waals surface area contributed by atoms with Crippen molar-refractivity contribution < 1.29 is 4.74 Å². The van der Waals surface area contributed by atoms with Crippen LogP contribution in [0, 0.1) is 18.8 Å². The van der Waals surface area contributed by atoms with Crippen LogP contribution in [-0.4, -0.2) is 6.10 Å². The average molecular weight is 261 g/mol. The molecule has 2 heteroatoms. The van der Waals surface area contributed by atoms with Gasteiger partial charge in [-0.3, -0.25) is 0 Å². The highest BCUT2D eigenvalue weighted by atomic mass is 16.5. The highest BCUT2D eigenvalue weighted by Crippen LogP contribution is 2.32. The van der Waals surface area contributed by atoms with Crippen LogP contribution in [0.1, 0.15) is 57.2 Å². The zero-order chi connectivity index (χ0) is 14.0. The molecule has 0 heterocycles. The van der Waals surface area contributed by atoms with E-state index in [1.807, 2.05) is 6.92 Å². The normalized spacial score (nSPS) is 29.0. The van der Waals surface area contributed by atoms with Gasteiger partial charge in [0.05, 0.1) is 6.10 Å².